The lowest BCUT2D eigenvalue weighted by Crippen LogP contribution is -1.98. The fourth-order valence-corrected chi connectivity index (χ4v) is 2.01. The molecule has 2 aromatic rings. The van der Waals surface area contributed by atoms with Crippen LogP contribution in [-0.2, 0) is 0 Å². The Morgan fingerprint density at radius 3 is 2.89 bits per heavy atom. The summed E-state index contributed by atoms with van der Waals surface area (Å²) in [6.07, 6.45) is 3.94. The van der Waals surface area contributed by atoms with Crippen molar-refractivity contribution in [2.24, 2.45) is 0 Å². The van der Waals surface area contributed by atoms with Crippen LogP contribution in [0.25, 0.3) is 11.4 Å². The maximum absolute atomic E-state index is 10.9. The van der Waals surface area contributed by atoms with Crippen LogP contribution in [0.15, 0.2) is 24.5 Å². The van der Waals surface area contributed by atoms with Crippen molar-refractivity contribution in [3.05, 3.63) is 40.2 Å². The summed E-state index contributed by atoms with van der Waals surface area (Å²) < 4.78 is 1.99. The van der Waals surface area contributed by atoms with Gasteiger partial charge in [0.1, 0.15) is 6.33 Å². The Morgan fingerprint density at radius 2 is 2.22 bits per heavy atom. The van der Waals surface area contributed by atoms with Gasteiger partial charge in [-0.25, -0.2) is 0 Å². The highest BCUT2D eigenvalue weighted by Gasteiger charge is 2.27. The second-order valence-electron chi connectivity index (χ2n) is 4.55. The molecule has 6 heteroatoms. The van der Waals surface area contributed by atoms with Gasteiger partial charge in [0, 0.05) is 23.2 Å². The van der Waals surface area contributed by atoms with E-state index < -0.39 is 0 Å². The number of benzene rings is 1. The minimum absolute atomic E-state index is 0.123. The Kier molecular flexibility index (Phi) is 2.36. The number of aryl methyl sites for hydroxylation is 1. The Hall–Kier alpha value is -2.24. The fourth-order valence-electron chi connectivity index (χ4n) is 2.01. The lowest BCUT2D eigenvalue weighted by Gasteiger charge is -2.05. The SMILES string of the molecule is Cc1ccc(-c2nncn2C2CC2)cc1[N+](=O)[O-]. The van der Waals surface area contributed by atoms with Gasteiger partial charge in [0.15, 0.2) is 5.82 Å². The summed E-state index contributed by atoms with van der Waals surface area (Å²) in [5, 5.41) is 18.9. The summed E-state index contributed by atoms with van der Waals surface area (Å²) in [6, 6.07) is 5.62. The molecule has 0 saturated heterocycles. The van der Waals surface area contributed by atoms with Crippen molar-refractivity contribution >= 4 is 5.69 Å². The molecule has 18 heavy (non-hydrogen) atoms. The molecule has 92 valence electrons. The summed E-state index contributed by atoms with van der Waals surface area (Å²) in [4.78, 5) is 10.6. The van der Waals surface area contributed by atoms with Crippen LogP contribution in [0.1, 0.15) is 24.4 Å². The summed E-state index contributed by atoms with van der Waals surface area (Å²) in [5.74, 6) is 0.709. The van der Waals surface area contributed by atoms with Crippen LogP contribution in [0.5, 0.6) is 0 Å². The van der Waals surface area contributed by atoms with E-state index in [2.05, 4.69) is 10.2 Å². The third-order valence-electron chi connectivity index (χ3n) is 3.18. The summed E-state index contributed by atoms with van der Waals surface area (Å²) in [7, 11) is 0. The molecule has 3 rings (SSSR count). The molecule has 0 spiro atoms. The van der Waals surface area contributed by atoms with E-state index in [0.717, 1.165) is 18.4 Å². The van der Waals surface area contributed by atoms with Crippen molar-refractivity contribution < 1.29 is 4.92 Å². The lowest BCUT2D eigenvalue weighted by molar-refractivity contribution is -0.385. The smallest absolute Gasteiger partial charge is 0.273 e. The van der Waals surface area contributed by atoms with Gasteiger partial charge >= 0.3 is 0 Å². The van der Waals surface area contributed by atoms with Crippen molar-refractivity contribution in [1.82, 2.24) is 14.8 Å². The number of rotatable bonds is 3. The third-order valence-corrected chi connectivity index (χ3v) is 3.18. The normalized spacial score (nSPS) is 14.7. The van der Waals surface area contributed by atoms with Crippen molar-refractivity contribution in [1.29, 1.82) is 0 Å². The fraction of sp³-hybridized carbons (Fsp3) is 0.333. The second-order valence-corrected chi connectivity index (χ2v) is 4.55. The lowest BCUT2D eigenvalue weighted by atomic mass is 10.1. The van der Waals surface area contributed by atoms with E-state index in [4.69, 9.17) is 0 Å². The highest BCUT2D eigenvalue weighted by Crippen LogP contribution is 2.38. The topological polar surface area (TPSA) is 73.8 Å². The van der Waals surface area contributed by atoms with E-state index in [1.54, 1.807) is 25.4 Å². The molecule has 0 bridgehead atoms. The first-order valence-electron chi connectivity index (χ1n) is 5.82. The Morgan fingerprint density at radius 1 is 1.44 bits per heavy atom. The molecule has 0 aliphatic heterocycles. The van der Waals surface area contributed by atoms with Crippen molar-refractivity contribution in [2.45, 2.75) is 25.8 Å². The standard InChI is InChI=1S/C12H12N4O2/c1-8-2-3-9(6-11(8)16(17)18)12-14-13-7-15(12)10-4-5-10/h2-3,6-7,10H,4-5H2,1H3. The molecule has 0 N–H and O–H groups in total. The summed E-state index contributed by atoms with van der Waals surface area (Å²) in [6.45, 7) is 1.73. The minimum Gasteiger partial charge on any atom is -0.310 e. The van der Waals surface area contributed by atoms with Crippen LogP contribution in [0.3, 0.4) is 0 Å². The molecule has 0 atom stereocenters. The predicted octanol–water partition coefficient (Wildman–Crippen LogP) is 2.50. The van der Waals surface area contributed by atoms with Gasteiger partial charge in [-0.2, -0.15) is 0 Å². The second kappa shape index (κ2) is 3.90. The number of aromatic nitrogens is 3. The Balaban J connectivity index is 2.08. The number of hydrogen-bond acceptors (Lipinski definition) is 4. The van der Waals surface area contributed by atoms with Gasteiger partial charge in [-0.1, -0.05) is 12.1 Å². The Labute approximate surface area is 103 Å². The molecule has 6 nitrogen and oxygen atoms in total. The molecule has 1 fully saturated rings. The molecule has 1 aliphatic rings. The highest BCUT2D eigenvalue weighted by atomic mass is 16.6. The van der Waals surface area contributed by atoms with Crippen molar-refractivity contribution in [2.75, 3.05) is 0 Å². The number of nitro benzene ring substituents is 1. The zero-order valence-electron chi connectivity index (χ0n) is 9.91. The van der Waals surface area contributed by atoms with Gasteiger partial charge in [0.05, 0.1) is 4.92 Å². The van der Waals surface area contributed by atoms with Crippen LogP contribution >= 0.6 is 0 Å². The number of hydrogen-bond donors (Lipinski definition) is 0. The van der Waals surface area contributed by atoms with E-state index in [0.29, 0.717) is 17.4 Å². The van der Waals surface area contributed by atoms with Gasteiger partial charge in [0.2, 0.25) is 0 Å². The molecule has 1 aliphatic carbocycles. The first-order chi connectivity index (χ1) is 8.66. The van der Waals surface area contributed by atoms with E-state index in [1.807, 2.05) is 10.6 Å². The first kappa shape index (κ1) is 10.9. The maximum Gasteiger partial charge on any atom is 0.273 e. The molecule has 1 saturated carbocycles. The molecular weight excluding hydrogens is 232 g/mol. The van der Waals surface area contributed by atoms with Crippen LogP contribution in [0.2, 0.25) is 0 Å². The first-order valence-corrected chi connectivity index (χ1v) is 5.82. The number of nitrogens with zero attached hydrogens (tertiary/aromatic N) is 4. The maximum atomic E-state index is 10.9. The summed E-state index contributed by atoms with van der Waals surface area (Å²) >= 11 is 0. The van der Waals surface area contributed by atoms with Crippen LogP contribution in [0, 0.1) is 17.0 Å². The summed E-state index contributed by atoms with van der Waals surface area (Å²) in [5.41, 5.74) is 1.52. The molecule has 0 radical (unpaired) electrons. The third kappa shape index (κ3) is 1.75. The van der Waals surface area contributed by atoms with Gasteiger partial charge < -0.3 is 4.57 Å². The largest absolute Gasteiger partial charge is 0.310 e. The van der Waals surface area contributed by atoms with Crippen LogP contribution < -0.4 is 0 Å². The quantitative estimate of drug-likeness (QED) is 0.614. The van der Waals surface area contributed by atoms with Crippen molar-refractivity contribution in [3.8, 4) is 11.4 Å². The van der Waals surface area contributed by atoms with Gasteiger partial charge in [-0.3, -0.25) is 10.1 Å². The van der Waals surface area contributed by atoms with Crippen molar-refractivity contribution in [3.63, 3.8) is 0 Å². The van der Waals surface area contributed by atoms with Gasteiger partial charge in [0.25, 0.3) is 5.69 Å². The van der Waals surface area contributed by atoms with Crippen LogP contribution in [0.4, 0.5) is 5.69 Å². The Bertz CT molecular complexity index is 616. The molecule has 0 amide bonds. The van der Waals surface area contributed by atoms with Crippen LogP contribution in [-0.4, -0.2) is 19.7 Å². The highest BCUT2D eigenvalue weighted by molar-refractivity contribution is 5.61. The van der Waals surface area contributed by atoms with Gasteiger partial charge in [-0.15, -0.1) is 10.2 Å². The zero-order chi connectivity index (χ0) is 12.7. The minimum atomic E-state index is -0.364. The van der Waals surface area contributed by atoms with E-state index >= 15 is 0 Å². The molecule has 0 unspecified atom stereocenters. The monoisotopic (exact) mass is 244 g/mol. The molecule has 1 aromatic heterocycles. The molecule has 1 aromatic carbocycles. The number of nitro groups is 1. The zero-order valence-corrected chi connectivity index (χ0v) is 9.91. The average molecular weight is 244 g/mol. The average Bonchev–Trinajstić information content (AvgIpc) is 3.08. The van der Waals surface area contributed by atoms with E-state index in [9.17, 15) is 10.1 Å². The van der Waals surface area contributed by atoms with Gasteiger partial charge in [-0.05, 0) is 19.8 Å². The van der Waals surface area contributed by atoms with E-state index in [1.165, 1.54) is 0 Å². The molecule has 1 heterocycles. The predicted molar refractivity (Wildman–Crippen MR) is 65.1 cm³/mol. The molecular formula is C12H12N4O2. The van der Waals surface area contributed by atoms with E-state index in [-0.39, 0.29) is 10.6 Å².